The second kappa shape index (κ2) is 3.60. The topological polar surface area (TPSA) is 110 Å². The molecule has 1 rings (SSSR count). The predicted octanol–water partition coefficient (Wildman–Crippen LogP) is 0.434. The molecule has 0 amide bonds. The Morgan fingerprint density at radius 1 is 1.21 bits per heavy atom. The molecule has 0 aliphatic heterocycles. The van der Waals surface area contributed by atoms with Gasteiger partial charge < -0.3 is 8.74 Å². The van der Waals surface area contributed by atoms with Crippen LogP contribution in [0.15, 0.2) is 24.3 Å². The summed E-state index contributed by atoms with van der Waals surface area (Å²) in [7, 11) is -4.83. The summed E-state index contributed by atoms with van der Waals surface area (Å²) >= 11 is 0. The first-order valence-corrected chi connectivity index (χ1v) is 4.61. The van der Waals surface area contributed by atoms with Gasteiger partial charge in [-0.15, -0.1) is 0 Å². The van der Waals surface area contributed by atoms with Crippen molar-refractivity contribution in [2.24, 2.45) is 0 Å². The molecule has 14 heavy (non-hydrogen) atoms. The van der Waals surface area contributed by atoms with Crippen LogP contribution < -0.4 is 4.18 Å². The Hall–Kier alpha value is -1.67. The van der Waals surface area contributed by atoms with Gasteiger partial charge in [0.15, 0.2) is 0 Å². The average molecular weight is 218 g/mol. The molecule has 0 unspecified atom stereocenters. The summed E-state index contributed by atoms with van der Waals surface area (Å²) in [6.45, 7) is 0. The van der Waals surface area contributed by atoms with Crippen molar-refractivity contribution in [3.63, 3.8) is 0 Å². The largest absolute Gasteiger partial charge is 0.716 e. The van der Waals surface area contributed by atoms with Crippen molar-refractivity contribution in [1.82, 2.24) is 0 Å². The van der Waals surface area contributed by atoms with E-state index in [-0.39, 0.29) is 11.4 Å². The van der Waals surface area contributed by atoms with E-state index in [1.54, 1.807) is 0 Å². The number of hydrogen-bond donors (Lipinski definition) is 0. The van der Waals surface area contributed by atoms with Gasteiger partial charge in [-0.25, -0.2) is 8.42 Å². The summed E-state index contributed by atoms with van der Waals surface area (Å²) in [6, 6.07) is 4.10. The Balaban J connectivity index is 2.90. The Labute approximate surface area is 79.0 Å². The Bertz CT molecular complexity index is 436. The van der Waals surface area contributed by atoms with Gasteiger partial charge in [-0.1, -0.05) is 0 Å². The molecule has 0 aliphatic carbocycles. The van der Waals surface area contributed by atoms with Gasteiger partial charge in [-0.3, -0.25) is 10.1 Å². The summed E-state index contributed by atoms with van der Waals surface area (Å²) in [5.41, 5.74) is -0.222. The molecule has 0 spiro atoms. The van der Waals surface area contributed by atoms with Crippen molar-refractivity contribution in [3.8, 4) is 5.75 Å². The van der Waals surface area contributed by atoms with Gasteiger partial charge in [0.05, 0.1) is 4.92 Å². The molecular weight excluding hydrogens is 214 g/mol. The molecule has 0 aromatic heterocycles. The maximum atomic E-state index is 10.2. The Morgan fingerprint density at radius 3 is 2.07 bits per heavy atom. The number of nitro benzene ring substituents is 1. The smallest absolute Gasteiger partial charge is 0.269 e. The van der Waals surface area contributed by atoms with E-state index in [0.29, 0.717) is 0 Å². The third-order valence-electron chi connectivity index (χ3n) is 1.25. The highest BCUT2D eigenvalue weighted by Gasteiger charge is 2.05. The molecule has 0 fully saturated rings. The fourth-order valence-corrected chi connectivity index (χ4v) is 1.09. The zero-order valence-corrected chi connectivity index (χ0v) is 7.43. The number of nitrogens with zero attached hydrogens (tertiary/aromatic N) is 1. The molecule has 0 radical (unpaired) electrons. The van der Waals surface area contributed by atoms with Crippen molar-refractivity contribution >= 4 is 16.1 Å². The van der Waals surface area contributed by atoms with Gasteiger partial charge in [0.25, 0.3) is 16.1 Å². The van der Waals surface area contributed by atoms with E-state index < -0.39 is 15.3 Å². The highest BCUT2D eigenvalue weighted by atomic mass is 32.3. The summed E-state index contributed by atoms with van der Waals surface area (Å²) in [5.74, 6) is -0.259. The number of non-ortho nitro benzene ring substituents is 1. The third kappa shape index (κ3) is 2.99. The first-order valence-electron chi connectivity index (χ1n) is 3.28. The highest BCUT2D eigenvalue weighted by Crippen LogP contribution is 2.18. The second-order valence-electron chi connectivity index (χ2n) is 2.24. The lowest BCUT2D eigenvalue weighted by molar-refractivity contribution is -0.384. The van der Waals surface area contributed by atoms with E-state index in [4.69, 9.17) is 0 Å². The van der Waals surface area contributed by atoms with Gasteiger partial charge in [0, 0.05) is 12.1 Å². The van der Waals surface area contributed by atoms with E-state index in [2.05, 4.69) is 4.18 Å². The van der Waals surface area contributed by atoms with Crippen LogP contribution >= 0.6 is 0 Å². The van der Waals surface area contributed by atoms with E-state index in [0.717, 1.165) is 24.3 Å². The average Bonchev–Trinajstić information content (AvgIpc) is 2.02. The minimum absolute atomic E-state index is 0.222. The number of benzene rings is 1. The molecule has 7 nitrogen and oxygen atoms in total. The van der Waals surface area contributed by atoms with Gasteiger partial charge in [0.1, 0.15) is 5.75 Å². The molecule has 0 saturated heterocycles. The Kier molecular flexibility index (Phi) is 2.68. The van der Waals surface area contributed by atoms with Crippen LogP contribution in [0.5, 0.6) is 5.75 Å². The van der Waals surface area contributed by atoms with E-state index in [9.17, 15) is 23.1 Å². The molecule has 0 saturated carbocycles. The maximum absolute atomic E-state index is 10.2. The van der Waals surface area contributed by atoms with Crippen LogP contribution in [0.3, 0.4) is 0 Å². The summed E-state index contributed by atoms with van der Waals surface area (Å²) in [4.78, 5) is 9.52. The van der Waals surface area contributed by atoms with Gasteiger partial charge >= 0.3 is 0 Å². The monoisotopic (exact) mass is 218 g/mol. The number of nitro groups is 1. The van der Waals surface area contributed by atoms with Gasteiger partial charge in [-0.2, -0.15) is 0 Å². The van der Waals surface area contributed by atoms with Crippen molar-refractivity contribution in [3.05, 3.63) is 34.4 Å². The maximum Gasteiger partial charge on any atom is 0.269 e. The highest BCUT2D eigenvalue weighted by molar-refractivity contribution is 7.81. The quantitative estimate of drug-likeness (QED) is 0.315. The Morgan fingerprint density at radius 2 is 1.71 bits per heavy atom. The lowest BCUT2D eigenvalue weighted by Gasteiger charge is -2.07. The number of hydrogen-bond acceptors (Lipinski definition) is 6. The molecule has 0 N–H and O–H groups in total. The second-order valence-corrected chi connectivity index (χ2v) is 3.23. The van der Waals surface area contributed by atoms with Crippen LogP contribution in [0, 0.1) is 10.1 Å². The zero-order valence-electron chi connectivity index (χ0n) is 6.61. The van der Waals surface area contributed by atoms with E-state index in [1.807, 2.05) is 0 Å². The molecule has 1 aromatic carbocycles. The third-order valence-corrected chi connectivity index (χ3v) is 1.64. The summed E-state index contributed by atoms with van der Waals surface area (Å²) in [6.07, 6.45) is 0. The van der Waals surface area contributed by atoms with E-state index >= 15 is 0 Å². The molecule has 0 bridgehead atoms. The summed E-state index contributed by atoms with van der Waals surface area (Å²) in [5, 5.41) is 10.2. The summed E-state index contributed by atoms with van der Waals surface area (Å²) < 4.78 is 34.3. The molecule has 0 heterocycles. The zero-order chi connectivity index (χ0) is 10.8. The van der Waals surface area contributed by atoms with Gasteiger partial charge in [-0.05, 0) is 12.1 Å². The minimum atomic E-state index is -4.83. The van der Waals surface area contributed by atoms with Crippen molar-refractivity contribution < 1.29 is 22.1 Å². The fourth-order valence-electron chi connectivity index (χ4n) is 0.741. The first kappa shape index (κ1) is 10.4. The normalized spacial score (nSPS) is 10.9. The molecular formula is C6H4NO6S-. The van der Waals surface area contributed by atoms with Crippen LogP contribution in [-0.4, -0.2) is 17.9 Å². The lowest BCUT2D eigenvalue weighted by atomic mass is 10.3. The van der Waals surface area contributed by atoms with Crippen LogP contribution in [-0.2, 0) is 10.4 Å². The van der Waals surface area contributed by atoms with Crippen molar-refractivity contribution in [1.29, 1.82) is 0 Å². The fraction of sp³-hybridized carbons (Fsp3) is 0. The molecule has 0 atom stereocenters. The van der Waals surface area contributed by atoms with E-state index in [1.165, 1.54) is 0 Å². The molecule has 0 aliphatic rings. The predicted molar refractivity (Wildman–Crippen MR) is 43.4 cm³/mol. The number of rotatable bonds is 3. The van der Waals surface area contributed by atoms with Crippen LogP contribution in [0.4, 0.5) is 5.69 Å². The van der Waals surface area contributed by atoms with Crippen molar-refractivity contribution in [2.75, 3.05) is 0 Å². The standard InChI is InChI=1S/C6H5NO6S/c8-7(9)5-1-3-6(4-2-5)13-14(10,11)12/h1-4H,(H,10,11,12)/p-1. The van der Waals surface area contributed by atoms with Crippen molar-refractivity contribution in [2.45, 2.75) is 0 Å². The van der Waals surface area contributed by atoms with Crippen LogP contribution in [0.25, 0.3) is 0 Å². The lowest BCUT2D eigenvalue weighted by Crippen LogP contribution is -2.06. The first-order chi connectivity index (χ1) is 6.38. The molecule has 8 heteroatoms. The van der Waals surface area contributed by atoms with Crippen LogP contribution in [0.2, 0.25) is 0 Å². The van der Waals surface area contributed by atoms with Gasteiger partial charge in [0.2, 0.25) is 0 Å². The van der Waals surface area contributed by atoms with Crippen LogP contribution in [0.1, 0.15) is 0 Å². The minimum Gasteiger partial charge on any atom is -0.716 e. The molecule has 1 aromatic rings. The SMILES string of the molecule is O=[N+]([O-])c1ccc(OS(=O)(=O)[O-])cc1. The molecule has 76 valence electrons.